The van der Waals surface area contributed by atoms with Crippen LogP contribution in [0.25, 0.3) is 5.69 Å². The van der Waals surface area contributed by atoms with E-state index in [0.717, 1.165) is 5.69 Å². The molecule has 7 heteroatoms. The molecule has 0 fully saturated rings. The molecule has 0 N–H and O–H groups in total. The summed E-state index contributed by atoms with van der Waals surface area (Å²) in [5, 5.41) is 20.4. The van der Waals surface area contributed by atoms with Crippen molar-refractivity contribution in [3.8, 4) is 11.8 Å². The van der Waals surface area contributed by atoms with Gasteiger partial charge in [0, 0.05) is 6.42 Å². The van der Waals surface area contributed by atoms with Crippen LogP contribution in [0.1, 0.15) is 12.7 Å². The predicted octanol–water partition coefficient (Wildman–Crippen LogP) is 0.908. The van der Waals surface area contributed by atoms with E-state index in [0.29, 0.717) is 5.82 Å². The number of aromatic nitrogens is 4. The Morgan fingerprint density at radius 3 is 2.85 bits per heavy atom. The molecule has 102 valence electrons. The van der Waals surface area contributed by atoms with Crippen LogP contribution < -0.4 is 0 Å². The summed E-state index contributed by atoms with van der Waals surface area (Å²) < 4.78 is 6.35. The molecule has 1 unspecified atom stereocenters. The number of tetrazole rings is 1. The quantitative estimate of drug-likeness (QED) is 0.750. The summed E-state index contributed by atoms with van der Waals surface area (Å²) in [6.45, 7) is 1.93. The Morgan fingerprint density at radius 1 is 1.45 bits per heavy atom. The van der Waals surface area contributed by atoms with Crippen LogP contribution >= 0.6 is 0 Å². The van der Waals surface area contributed by atoms with E-state index in [1.54, 1.807) is 6.92 Å². The van der Waals surface area contributed by atoms with Gasteiger partial charge < -0.3 is 4.74 Å². The maximum absolute atomic E-state index is 11.6. The lowest BCUT2D eigenvalue weighted by molar-refractivity contribution is -0.146. The molecule has 0 saturated heterocycles. The summed E-state index contributed by atoms with van der Waals surface area (Å²) in [7, 11) is 0. The summed E-state index contributed by atoms with van der Waals surface area (Å²) in [4.78, 5) is 11.6. The number of hydrogen-bond donors (Lipinski definition) is 0. The number of esters is 1. The van der Waals surface area contributed by atoms with Gasteiger partial charge in [-0.15, -0.1) is 5.10 Å². The van der Waals surface area contributed by atoms with Crippen LogP contribution in [0.2, 0.25) is 0 Å². The molecule has 7 nitrogen and oxygen atoms in total. The highest BCUT2D eigenvalue weighted by Gasteiger charge is 2.23. The van der Waals surface area contributed by atoms with Crippen molar-refractivity contribution in [3.05, 3.63) is 36.2 Å². The Labute approximate surface area is 115 Å². The second-order valence-corrected chi connectivity index (χ2v) is 3.98. The molecule has 1 aromatic carbocycles. The molecule has 0 aliphatic rings. The van der Waals surface area contributed by atoms with Crippen molar-refractivity contribution in [1.29, 1.82) is 5.26 Å². The minimum Gasteiger partial charge on any atom is -0.465 e. The maximum Gasteiger partial charge on any atom is 0.323 e. The van der Waals surface area contributed by atoms with Gasteiger partial charge in [-0.25, -0.2) is 0 Å². The van der Waals surface area contributed by atoms with Gasteiger partial charge in [0.1, 0.15) is 0 Å². The molecule has 2 aromatic rings. The lowest BCUT2D eigenvalue weighted by Gasteiger charge is -2.08. The fourth-order valence-electron chi connectivity index (χ4n) is 1.71. The third kappa shape index (κ3) is 2.98. The van der Waals surface area contributed by atoms with Crippen molar-refractivity contribution in [2.75, 3.05) is 6.61 Å². The van der Waals surface area contributed by atoms with Crippen LogP contribution in [0, 0.1) is 17.2 Å². The molecule has 2 rings (SSSR count). The molecular weight excluding hydrogens is 258 g/mol. The smallest absolute Gasteiger partial charge is 0.323 e. The molecule has 0 bridgehead atoms. The topological polar surface area (TPSA) is 93.7 Å². The second kappa shape index (κ2) is 6.43. The number of nitriles is 1. The van der Waals surface area contributed by atoms with E-state index < -0.39 is 11.9 Å². The number of carbonyl (C=O) groups excluding carboxylic acids is 1. The summed E-state index contributed by atoms with van der Waals surface area (Å²) >= 11 is 0. The van der Waals surface area contributed by atoms with Gasteiger partial charge in [0.15, 0.2) is 11.7 Å². The van der Waals surface area contributed by atoms with Crippen LogP contribution in [0.15, 0.2) is 30.3 Å². The van der Waals surface area contributed by atoms with Gasteiger partial charge in [-0.1, -0.05) is 18.2 Å². The average molecular weight is 271 g/mol. The average Bonchev–Trinajstić information content (AvgIpc) is 2.94. The first kappa shape index (κ1) is 13.7. The van der Waals surface area contributed by atoms with E-state index in [1.165, 1.54) is 4.68 Å². The van der Waals surface area contributed by atoms with Gasteiger partial charge in [-0.05, 0) is 29.5 Å². The lowest BCUT2D eigenvalue weighted by atomic mass is 10.1. The monoisotopic (exact) mass is 271 g/mol. The molecular formula is C13H13N5O2. The highest BCUT2D eigenvalue weighted by atomic mass is 16.5. The van der Waals surface area contributed by atoms with Crippen LogP contribution in [0.5, 0.6) is 0 Å². The summed E-state index contributed by atoms with van der Waals surface area (Å²) in [5.74, 6) is -1.03. The first-order valence-corrected chi connectivity index (χ1v) is 6.15. The minimum atomic E-state index is -0.914. The third-order valence-corrected chi connectivity index (χ3v) is 2.65. The van der Waals surface area contributed by atoms with E-state index in [1.807, 2.05) is 36.4 Å². The van der Waals surface area contributed by atoms with Crippen molar-refractivity contribution < 1.29 is 9.53 Å². The standard InChI is InChI=1S/C13H13N5O2/c1-2-20-13(19)10(9-14)8-12-15-16-17-18(12)11-6-4-3-5-7-11/h3-7,10H,2,8H2,1H3. The molecule has 1 heterocycles. The van der Waals surface area contributed by atoms with E-state index in [2.05, 4.69) is 15.5 Å². The number of ether oxygens (including phenoxy) is 1. The number of nitrogens with zero attached hydrogens (tertiary/aromatic N) is 5. The van der Waals surface area contributed by atoms with Crippen LogP contribution in [0.4, 0.5) is 0 Å². The van der Waals surface area contributed by atoms with Gasteiger partial charge in [-0.2, -0.15) is 9.94 Å². The predicted molar refractivity (Wildman–Crippen MR) is 68.6 cm³/mol. The SMILES string of the molecule is CCOC(=O)C(C#N)Cc1nnnn1-c1ccccc1. The van der Waals surface area contributed by atoms with E-state index in [-0.39, 0.29) is 13.0 Å². The highest BCUT2D eigenvalue weighted by molar-refractivity contribution is 5.75. The Kier molecular flexibility index (Phi) is 4.39. The molecule has 0 radical (unpaired) electrons. The fourth-order valence-corrected chi connectivity index (χ4v) is 1.71. The van der Waals surface area contributed by atoms with E-state index in [4.69, 9.17) is 10.00 Å². The van der Waals surface area contributed by atoms with Crippen LogP contribution in [-0.2, 0) is 16.0 Å². The third-order valence-electron chi connectivity index (χ3n) is 2.65. The summed E-state index contributed by atoms with van der Waals surface area (Å²) in [6.07, 6.45) is 0.108. The number of benzene rings is 1. The van der Waals surface area contributed by atoms with Crippen LogP contribution in [-0.4, -0.2) is 32.8 Å². The number of para-hydroxylation sites is 1. The molecule has 1 atom stereocenters. The number of carbonyl (C=O) groups is 1. The van der Waals surface area contributed by atoms with E-state index in [9.17, 15) is 4.79 Å². The highest BCUT2D eigenvalue weighted by Crippen LogP contribution is 2.12. The van der Waals surface area contributed by atoms with Gasteiger partial charge in [-0.3, -0.25) is 4.79 Å². The van der Waals surface area contributed by atoms with Crippen molar-refractivity contribution in [1.82, 2.24) is 20.2 Å². The molecule has 20 heavy (non-hydrogen) atoms. The minimum absolute atomic E-state index is 0.108. The number of hydrogen-bond acceptors (Lipinski definition) is 6. The zero-order chi connectivity index (χ0) is 14.4. The first-order chi connectivity index (χ1) is 9.76. The van der Waals surface area contributed by atoms with Gasteiger partial charge in [0.2, 0.25) is 0 Å². The normalized spacial score (nSPS) is 11.6. The first-order valence-electron chi connectivity index (χ1n) is 6.15. The molecule has 0 saturated carbocycles. The van der Waals surface area contributed by atoms with E-state index >= 15 is 0 Å². The Bertz CT molecular complexity index is 617. The van der Waals surface area contributed by atoms with Gasteiger partial charge >= 0.3 is 5.97 Å². The lowest BCUT2D eigenvalue weighted by Crippen LogP contribution is -2.20. The molecule has 0 aliphatic heterocycles. The van der Waals surface area contributed by atoms with Crippen molar-refractivity contribution in [2.24, 2.45) is 5.92 Å². The van der Waals surface area contributed by atoms with Crippen molar-refractivity contribution >= 4 is 5.97 Å². The summed E-state index contributed by atoms with van der Waals surface area (Å²) in [5.41, 5.74) is 0.771. The molecule has 0 aliphatic carbocycles. The summed E-state index contributed by atoms with van der Waals surface area (Å²) in [6, 6.07) is 11.2. The second-order valence-electron chi connectivity index (χ2n) is 3.98. The largest absolute Gasteiger partial charge is 0.465 e. The molecule has 1 aromatic heterocycles. The number of rotatable bonds is 5. The maximum atomic E-state index is 11.6. The zero-order valence-electron chi connectivity index (χ0n) is 10.9. The molecule has 0 spiro atoms. The van der Waals surface area contributed by atoms with Gasteiger partial charge in [0.05, 0.1) is 18.4 Å². The van der Waals surface area contributed by atoms with Crippen molar-refractivity contribution in [3.63, 3.8) is 0 Å². The van der Waals surface area contributed by atoms with Crippen molar-refractivity contribution in [2.45, 2.75) is 13.3 Å². The van der Waals surface area contributed by atoms with Crippen LogP contribution in [0.3, 0.4) is 0 Å². The Hall–Kier alpha value is -2.75. The zero-order valence-corrected chi connectivity index (χ0v) is 10.9. The molecule has 0 amide bonds. The van der Waals surface area contributed by atoms with Gasteiger partial charge in [0.25, 0.3) is 0 Å². The Balaban J connectivity index is 2.21. The Morgan fingerprint density at radius 2 is 2.20 bits per heavy atom. The fraction of sp³-hybridized carbons (Fsp3) is 0.308.